The van der Waals surface area contributed by atoms with Crippen molar-refractivity contribution in [2.45, 2.75) is 27.3 Å². The van der Waals surface area contributed by atoms with Gasteiger partial charge in [-0.1, -0.05) is 17.4 Å². The van der Waals surface area contributed by atoms with Crippen molar-refractivity contribution in [1.29, 1.82) is 0 Å². The fourth-order valence-electron chi connectivity index (χ4n) is 1.70. The highest BCUT2D eigenvalue weighted by molar-refractivity contribution is 7.18. The Morgan fingerprint density at radius 1 is 1.31 bits per heavy atom. The van der Waals surface area contributed by atoms with E-state index in [1.807, 2.05) is 11.3 Å². The first-order valence-corrected chi connectivity index (χ1v) is 5.43. The normalized spacial score (nSPS) is 11.0. The number of aryl methyl sites for hydroxylation is 3. The summed E-state index contributed by atoms with van der Waals surface area (Å²) in [5.41, 5.74) is 2.72. The number of hydrogen-bond donors (Lipinski definition) is 0. The molecule has 1 heterocycles. The highest BCUT2D eigenvalue weighted by atomic mass is 32.1. The molecule has 1 aromatic carbocycles. The molecule has 0 unspecified atom stereocenters. The third-order valence-corrected chi connectivity index (χ3v) is 3.42. The topological polar surface area (TPSA) is 3.88 Å². The van der Waals surface area contributed by atoms with Crippen LogP contribution in [0.4, 0.5) is 0 Å². The van der Waals surface area contributed by atoms with E-state index in [-0.39, 0.29) is 0 Å². The van der Waals surface area contributed by atoms with Crippen LogP contribution in [0.3, 0.4) is 0 Å². The summed E-state index contributed by atoms with van der Waals surface area (Å²) in [5.74, 6) is 0. The van der Waals surface area contributed by atoms with Gasteiger partial charge in [0, 0.05) is 13.0 Å². The van der Waals surface area contributed by atoms with E-state index in [0.29, 0.717) is 0 Å². The minimum absolute atomic E-state index is 1.06. The predicted molar refractivity (Wildman–Crippen MR) is 57.2 cm³/mol. The van der Waals surface area contributed by atoms with Crippen LogP contribution >= 0.6 is 11.3 Å². The number of aromatic nitrogens is 1. The number of nitrogens with zero attached hydrogens (tertiary/aromatic N) is 1. The molecule has 0 radical (unpaired) electrons. The van der Waals surface area contributed by atoms with E-state index in [9.17, 15) is 0 Å². The van der Waals surface area contributed by atoms with Crippen LogP contribution in [-0.4, -0.2) is 0 Å². The van der Waals surface area contributed by atoms with Crippen molar-refractivity contribution in [2.24, 2.45) is 0 Å². The molecule has 0 saturated carbocycles. The van der Waals surface area contributed by atoms with Crippen molar-refractivity contribution in [1.82, 2.24) is 0 Å². The molecule has 0 aliphatic rings. The zero-order chi connectivity index (χ0) is 9.42. The van der Waals surface area contributed by atoms with Gasteiger partial charge in [0.2, 0.25) is 10.5 Å². The van der Waals surface area contributed by atoms with Gasteiger partial charge < -0.3 is 0 Å². The van der Waals surface area contributed by atoms with E-state index in [2.05, 4.69) is 43.5 Å². The van der Waals surface area contributed by atoms with Crippen molar-refractivity contribution in [3.05, 3.63) is 28.8 Å². The first kappa shape index (κ1) is 8.70. The Balaban J connectivity index is 2.79. The number of rotatable bonds is 1. The lowest BCUT2D eigenvalue weighted by molar-refractivity contribution is -0.669. The van der Waals surface area contributed by atoms with Crippen LogP contribution in [0.5, 0.6) is 0 Å². The highest BCUT2D eigenvalue weighted by Gasteiger charge is 2.14. The van der Waals surface area contributed by atoms with Crippen molar-refractivity contribution in [3.8, 4) is 0 Å². The molecule has 0 bridgehead atoms. The van der Waals surface area contributed by atoms with Crippen LogP contribution in [0.25, 0.3) is 10.2 Å². The van der Waals surface area contributed by atoms with Gasteiger partial charge in [0.1, 0.15) is 11.2 Å². The first-order chi connectivity index (χ1) is 6.22. The summed E-state index contributed by atoms with van der Waals surface area (Å²) in [6.07, 6.45) is 0. The van der Waals surface area contributed by atoms with Gasteiger partial charge in [-0.2, -0.15) is 4.57 Å². The van der Waals surface area contributed by atoms with Crippen molar-refractivity contribution in [3.63, 3.8) is 0 Å². The molecule has 2 aromatic rings. The van der Waals surface area contributed by atoms with Gasteiger partial charge in [-0.05, 0) is 25.5 Å². The second kappa shape index (κ2) is 3.11. The molecule has 0 fully saturated rings. The van der Waals surface area contributed by atoms with Crippen LogP contribution in [0.2, 0.25) is 0 Å². The molecule has 2 heteroatoms. The van der Waals surface area contributed by atoms with E-state index < -0.39 is 0 Å². The monoisotopic (exact) mass is 192 g/mol. The van der Waals surface area contributed by atoms with Gasteiger partial charge in [-0.25, -0.2) is 0 Å². The van der Waals surface area contributed by atoms with Crippen LogP contribution in [-0.2, 0) is 6.54 Å². The summed E-state index contributed by atoms with van der Waals surface area (Å²) < 4.78 is 3.76. The molecule has 0 amide bonds. The molecular weight excluding hydrogens is 178 g/mol. The molecule has 68 valence electrons. The average Bonchev–Trinajstić information content (AvgIpc) is 2.39. The molecular formula is C11H14NS+. The molecule has 0 atom stereocenters. The largest absolute Gasteiger partial charge is 0.235 e. The fourth-order valence-corrected chi connectivity index (χ4v) is 2.89. The molecule has 0 spiro atoms. The Kier molecular flexibility index (Phi) is 2.08. The van der Waals surface area contributed by atoms with Crippen LogP contribution in [0.1, 0.15) is 17.5 Å². The van der Waals surface area contributed by atoms with Gasteiger partial charge in [-0.15, -0.1) is 0 Å². The van der Waals surface area contributed by atoms with Crippen LogP contribution in [0.15, 0.2) is 18.2 Å². The van der Waals surface area contributed by atoms with E-state index in [1.165, 1.54) is 20.8 Å². The van der Waals surface area contributed by atoms with E-state index in [0.717, 1.165) is 6.54 Å². The third-order valence-electron chi connectivity index (χ3n) is 2.36. The predicted octanol–water partition coefficient (Wildman–Crippen LogP) is 2.83. The summed E-state index contributed by atoms with van der Waals surface area (Å²) in [6.45, 7) is 7.59. The Labute approximate surface area is 82.6 Å². The van der Waals surface area contributed by atoms with Crippen molar-refractivity contribution < 1.29 is 4.57 Å². The summed E-state index contributed by atoms with van der Waals surface area (Å²) in [4.78, 5) is 0. The molecule has 0 N–H and O–H groups in total. The van der Waals surface area contributed by atoms with Crippen molar-refractivity contribution >= 4 is 21.6 Å². The quantitative estimate of drug-likeness (QED) is 0.612. The van der Waals surface area contributed by atoms with Crippen LogP contribution < -0.4 is 4.57 Å². The van der Waals surface area contributed by atoms with E-state index >= 15 is 0 Å². The number of fused-ring (bicyclic) bond motifs is 1. The van der Waals surface area contributed by atoms with Crippen LogP contribution in [0, 0.1) is 13.8 Å². The fraction of sp³-hybridized carbons (Fsp3) is 0.364. The Hall–Kier alpha value is -0.890. The van der Waals surface area contributed by atoms with Gasteiger partial charge in [-0.3, -0.25) is 0 Å². The van der Waals surface area contributed by atoms with Gasteiger partial charge in [0.25, 0.3) is 0 Å². The Morgan fingerprint density at radius 3 is 2.77 bits per heavy atom. The smallest absolute Gasteiger partial charge is 0.186 e. The third kappa shape index (κ3) is 1.35. The number of benzene rings is 1. The zero-order valence-corrected chi connectivity index (χ0v) is 9.11. The number of hydrogen-bond acceptors (Lipinski definition) is 1. The molecule has 13 heavy (non-hydrogen) atoms. The zero-order valence-electron chi connectivity index (χ0n) is 8.29. The molecule has 1 nitrogen and oxygen atoms in total. The molecule has 0 aliphatic heterocycles. The minimum atomic E-state index is 1.06. The molecule has 0 saturated heterocycles. The SMILES string of the molecule is CC[n+]1c(C)sc2cc(C)ccc21. The molecule has 2 rings (SSSR count). The average molecular weight is 192 g/mol. The molecule has 0 aliphatic carbocycles. The lowest BCUT2D eigenvalue weighted by Gasteiger charge is -1.91. The Bertz CT molecular complexity index is 443. The van der Waals surface area contributed by atoms with E-state index in [1.54, 1.807) is 0 Å². The summed E-state index contributed by atoms with van der Waals surface area (Å²) in [6, 6.07) is 6.66. The van der Waals surface area contributed by atoms with Gasteiger partial charge in [0.05, 0.1) is 0 Å². The molecule has 1 aromatic heterocycles. The maximum atomic E-state index is 2.36. The Morgan fingerprint density at radius 2 is 2.08 bits per heavy atom. The summed E-state index contributed by atoms with van der Waals surface area (Å²) in [5, 5.41) is 1.39. The second-order valence-corrected chi connectivity index (χ2v) is 4.57. The standard InChI is InChI=1S/C11H14NS/c1-4-12-9(3)13-11-7-8(2)5-6-10(11)12/h5-7H,4H2,1-3H3/q+1. The summed E-state index contributed by atoms with van der Waals surface area (Å²) in [7, 11) is 0. The lowest BCUT2D eigenvalue weighted by Crippen LogP contribution is -2.33. The number of thiazole rings is 1. The van der Waals surface area contributed by atoms with E-state index in [4.69, 9.17) is 0 Å². The van der Waals surface area contributed by atoms with Gasteiger partial charge in [0.15, 0.2) is 0 Å². The maximum absolute atomic E-state index is 2.36. The minimum Gasteiger partial charge on any atom is -0.186 e. The van der Waals surface area contributed by atoms with Gasteiger partial charge >= 0.3 is 0 Å². The second-order valence-electron chi connectivity index (χ2n) is 3.34. The maximum Gasteiger partial charge on any atom is 0.235 e. The summed E-state index contributed by atoms with van der Waals surface area (Å²) >= 11 is 1.88. The highest BCUT2D eigenvalue weighted by Crippen LogP contribution is 2.20. The van der Waals surface area contributed by atoms with Crippen molar-refractivity contribution in [2.75, 3.05) is 0 Å². The lowest BCUT2D eigenvalue weighted by atomic mass is 10.2. The first-order valence-electron chi connectivity index (χ1n) is 4.62.